The Balaban J connectivity index is 2.37. The summed E-state index contributed by atoms with van der Waals surface area (Å²) in [5.41, 5.74) is 0. The molecule has 0 unspecified atom stereocenters. The van der Waals surface area contributed by atoms with Crippen LogP contribution in [-0.2, 0) is 21.6 Å². The van der Waals surface area contributed by atoms with Crippen molar-refractivity contribution in [3.05, 3.63) is 22.3 Å². The van der Waals surface area contributed by atoms with Crippen molar-refractivity contribution < 1.29 is 21.6 Å². The van der Waals surface area contributed by atoms with Crippen LogP contribution in [0.1, 0.15) is 25.7 Å². The fraction of sp³-hybridized carbons (Fsp3) is 0.556. The van der Waals surface area contributed by atoms with Gasteiger partial charge in [-0.3, -0.25) is 0 Å². The first-order chi connectivity index (χ1) is 5.43. The van der Waals surface area contributed by atoms with Crippen LogP contribution in [0.4, 0.5) is 0 Å². The average Bonchev–Trinajstić information content (AvgIpc) is 1.94. The standard InChI is InChI=1S/C8H11.CH3O.Ir/c1-2-4-6-8-7-5-3-1;1-2;/h1-2,7H,3-6H2;1H3;/q;-1;+1. The van der Waals surface area contributed by atoms with E-state index < -0.39 is 0 Å². The SMILES string of the molecule is C[O][Ir][C]1=CCCC=CCC1. The van der Waals surface area contributed by atoms with Gasteiger partial charge in [0.1, 0.15) is 0 Å². The van der Waals surface area contributed by atoms with Crippen molar-refractivity contribution in [2.24, 2.45) is 0 Å². The van der Waals surface area contributed by atoms with Crippen LogP contribution in [0.3, 0.4) is 0 Å². The van der Waals surface area contributed by atoms with Crippen LogP contribution >= 0.6 is 0 Å². The molecule has 1 aliphatic rings. The van der Waals surface area contributed by atoms with E-state index in [2.05, 4.69) is 18.2 Å². The quantitative estimate of drug-likeness (QED) is 0.707. The molecule has 0 bridgehead atoms. The Morgan fingerprint density at radius 2 is 2.09 bits per heavy atom. The molecule has 65 valence electrons. The van der Waals surface area contributed by atoms with E-state index in [9.17, 15) is 0 Å². The molecule has 0 spiro atoms. The average molecular weight is 330 g/mol. The van der Waals surface area contributed by atoms with Gasteiger partial charge in [0.15, 0.2) is 0 Å². The normalized spacial score (nSPS) is 19.2. The zero-order chi connectivity index (χ0) is 7.94. The summed E-state index contributed by atoms with van der Waals surface area (Å²) in [5.74, 6) is 0. The predicted molar refractivity (Wildman–Crippen MR) is 42.7 cm³/mol. The maximum atomic E-state index is 5.21. The fourth-order valence-corrected chi connectivity index (χ4v) is 2.79. The van der Waals surface area contributed by atoms with Crippen molar-refractivity contribution in [3.8, 4) is 0 Å². The summed E-state index contributed by atoms with van der Waals surface area (Å²) < 4.78 is 6.79. The van der Waals surface area contributed by atoms with Crippen LogP contribution in [0.15, 0.2) is 22.3 Å². The second kappa shape index (κ2) is 5.70. The van der Waals surface area contributed by atoms with Gasteiger partial charge >= 0.3 is 76.7 Å². The molecule has 1 nitrogen and oxygen atoms in total. The van der Waals surface area contributed by atoms with Gasteiger partial charge in [-0.25, -0.2) is 0 Å². The molecule has 0 fully saturated rings. The van der Waals surface area contributed by atoms with Crippen LogP contribution in [0.5, 0.6) is 0 Å². The van der Waals surface area contributed by atoms with Gasteiger partial charge in [-0.15, -0.1) is 0 Å². The van der Waals surface area contributed by atoms with Crippen LogP contribution < -0.4 is 0 Å². The van der Waals surface area contributed by atoms with Gasteiger partial charge in [-0.05, 0) is 0 Å². The van der Waals surface area contributed by atoms with E-state index in [0.717, 1.165) is 0 Å². The van der Waals surface area contributed by atoms with Crippen molar-refractivity contribution >= 4 is 0 Å². The van der Waals surface area contributed by atoms with Crippen LogP contribution in [0, 0.1) is 0 Å². The van der Waals surface area contributed by atoms with E-state index in [1.54, 1.807) is 4.09 Å². The van der Waals surface area contributed by atoms with Gasteiger partial charge in [0, 0.05) is 0 Å². The molecule has 0 aromatic rings. The van der Waals surface area contributed by atoms with E-state index >= 15 is 0 Å². The molecule has 0 aromatic carbocycles. The Morgan fingerprint density at radius 1 is 1.27 bits per heavy atom. The molecule has 0 heterocycles. The first-order valence-electron chi connectivity index (χ1n) is 3.91. The zero-order valence-corrected chi connectivity index (χ0v) is 9.20. The maximum absolute atomic E-state index is 5.21. The van der Waals surface area contributed by atoms with Crippen molar-refractivity contribution in [3.63, 3.8) is 0 Å². The summed E-state index contributed by atoms with van der Waals surface area (Å²) in [4.78, 5) is 0. The summed E-state index contributed by atoms with van der Waals surface area (Å²) in [6.45, 7) is 0. The van der Waals surface area contributed by atoms with Gasteiger partial charge in [0.2, 0.25) is 0 Å². The second-order valence-corrected chi connectivity index (χ2v) is 5.42. The summed E-state index contributed by atoms with van der Waals surface area (Å²) in [5, 5.41) is 0. The molecule has 0 atom stereocenters. The van der Waals surface area contributed by atoms with Crippen molar-refractivity contribution in [1.82, 2.24) is 0 Å². The Morgan fingerprint density at radius 3 is 2.91 bits per heavy atom. The van der Waals surface area contributed by atoms with Gasteiger partial charge in [0.05, 0.1) is 0 Å². The molecular weight excluding hydrogens is 316 g/mol. The topological polar surface area (TPSA) is 9.23 Å². The van der Waals surface area contributed by atoms with Crippen LogP contribution in [0.2, 0.25) is 0 Å². The van der Waals surface area contributed by atoms with E-state index in [-0.39, 0.29) is 18.1 Å². The summed E-state index contributed by atoms with van der Waals surface area (Å²) in [6, 6.07) is 0. The molecule has 0 amide bonds. The summed E-state index contributed by atoms with van der Waals surface area (Å²) in [7, 11) is 1.81. The Kier molecular flexibility index (Phi) is 4.76. The van der Waals surface area contributed by atoms with Crippen LogP contribution in [-0.4, -0.2) is 7.11 Å². The molecule has 0 saturated carbocycles. The number of hydrogen-bond acceptors (Lipinski definition) is 1. The Bertz CT molecular complexity index is 161. The Hall–Kier alpha value is 0.0894. The predicted octanol–water partition coefficient (Wildman–Crippen LogP) is 2.64. The minimum absolute atomic E-state index is 0.220. The fourth-order valence-electron chi connectivity index (χ4n) is 1.03. The minimum atomic E-state index is -0.220. The second-order valence-electron chi connectivity index (χ2n) is 2.41. The number of rotatable bonds is 2. The van der Waals surface area contributed by atoms with Crippen LogP contribution in [0.25, 0.3) is 0 Å². The van der Waals surface area contributed by atoms with Gasteiger partial charge < -0.3 is 0 Å². The monoisotopic (exact) mass is 331 g/mol. The van der Waals surface area contributed by atoms with Gasteiger partial charge in [-0.2, -0.15) is 0 Å². The molecular formula is C9H14IrO. The summed E-state index contributed by atoms with van der Waals surface area (Å²) >= 11 is -0.220. The first-order valence-corrected chi connectivity index (χ1v) is 6.09. The molecule has 0 aliphatic heterocycles. The van der Waals surface area contributed by atoms with E-state index in [4.69, 9.17) is 3.50 Å². The van der Waals surface area contributed by atoms with Crippen molar-refractivity contribution in [2.45, 2.75) is 25.7 Å². The molecule has 2 heteroatoms. The molecule has 0 aromatic heterocycles. The van der Waals surface area contributed by atoms with Crippen molar-refractivity contribution in [2.75, 3.05) is 7.11 Å². The van der Waals surface area contributed by atoms with E-state index in [1.807, 2.05) is 7.11 Å². The van der Waals surface area contributed by atoms with E-state index in [1.165, 1.54) is 25.7 Å². The zero-order valence-electron chi connectivity index (χ0n) is 6.80. The molecule has 0 radical (unpaired) electrons. The third kappa shape index (κ3) is 3.85. The third-order valence-corrected chi connectivity index (χ3v) is 3.76. The first kappa shape index (κ1) is 9.18. The number of allylic oxidation sites excluding steroid dienone is 4. The molecule has 0 N–H and O–H groups in total. The van der Waals surface area contributed by atoms with E-state index in [0.29, 0.717) is 0 Å². The number of hydrogen-bond donors (Lipinski definition) is 0. The molecule has 1 rings (SSSR count). The van der Waals surface area contributed by atoms with Gasteiger partial charge in [-0.1, -0.05) is 0 Å². The molecule has 0 saturated heterocycles. The van der Waals surface area contributed by atoms with Gasteiger partial charge in [0.25, 0.3) is 0 Å². The third-order valence-electron chi connectivity index (χ3n) is 1.55. The molecule has 11 heavy (non-hydrogen) atoms. The summed E-state index contributed by atoms with van der Waals surface area (Å²) in [6.07, 6.45) is 11.8. The van der Waals surface area contributed by atoms with Crippen molar-refractivity contribution in [1.29, 1.82) is 0 Å². The Labute approximate surface area is 76.9 Å². The molecule has 1 aliphatic carbocycles.